The fraction of sp³-hybridized carbons (Fsp3) is 0.167. The second-order valence-electron chi connectivity index (χ2n) is 5.67. The van der Waals surface area contributed by atoms with E-state index in [9.17, 15) is 14.0 Å². The maximum Gasteiger partial charge on any atom is 0.245 e. The number of hydrogen-bond donors (Lipinski definition) is 1. The third kappa shape index (κ3) is 4.30. The molecule has 2 aromatic rings. The van der Waals surface area contributed by atoms with Crippen LogP contribution in [-0.2, 0) is 9.59 Å². The maximum absolute atomic E-state index is 13.0. The number of anilines is 1. The average molecular weight is 404 g/mol. The quantitative estimate of drug-likeness (QED) is 0.629. The Balaban J connectivity index is 1.59. The standard InChI is InChI=1S/C18H15BrFN3O2/c19-14-3-1-12(2-4-14)10-21-22-18(25)13-9-17(24)23(11-13)16-7-5-15(20)6-8-16/h1-8,10,13H,9,11H2,(H,22,25)/b21-10-/t13-/m1/s1. The van der Waals surface area contributed by atoms with Crippen LogP contribution in [0, 0.1) is 11.7 Å². The highest BCUT2D eigenvalue weighted by Gasteiger charge is 2.35. The van der Waals surface area contributed by atoms with E-state index in [4.69, 9.17) is 0 Å². The molecule has 5 nitrogen and oxygen atoms in total. The minimum absolute atomic E-state index is 0.108. The lowest BCUT2D eigenvalue weighted by Gasteiger charge is -2.16. The van der Waals surface area contributed by atoms with Crippen molar-refractivity contribution in [3.05, 3.63) is 64.4 Å². The minimum atomic E-state index is -0.486. The van der Waals surface area contributed by atoms with Gasteiger partial charge >= 0.3 is 0 Å². The van der Waals surface area contributed by atoms with Crippen molar-refractivity contribution in [1.82, 2.24) is 5.43 Å². The van der Waals surface area contributed by atoms with Gasteiger partial charge in [-0.2, -0.15) is 5.10 Å². The van der Waals surface area contributed by atoms with Crippen LogP contribution in [-0.4, -0.2) is 24.6 Å². The van der Waals surface area contributed by atoms with Crippen LogP contribution in [0.3, 0.4) is 0 Å². The normalized spacial score (nSPS) is 17.3. The van der Waals surface area contributed by atoms with Crippen molar-refractivity contribution < 1.29 is 14.0 Å². The van der Waals surface area contributed by atoms with Crippen molar-refractivity contribution in [2.75, 3.05) is 11.4 Å². The lowest BCUT2D eigenvalue weighted by atomic mass is 10.1. The molecule has 0 saturated carbocycles. The highest BCUT2D eigenvalue weighted by Crippen LogP contribution is 2.25. The molecule has 1 aliphatic rings. The Bertz CT molecular complexity index is 806. The van der Waals surface area contributed by atoms with E-state index in [2.05, 4.69) is 26.5 Å². The SMILES string of the molecule is O=C(N/N=C\c1ccc(Br)cc1)[C@@H]1CC(=O)N(c2ccc(F)cc2)C1. The first kappa shape index (κ1) is 17.3. The molecule has 1 saturated heterocycles. The molecule has 1 fully saturated rings. The summed E-state index contributed by atoms with van der Waals surface area (Å²) < 4.78 is 13.9. The van der Waals surface area contributed by atoms with Gasteiger partial charge in [0.1, 0.15) is 5.82 Å². The summed E-state index contributed by atoms with van der Waals surface area (Å²) in [6.07, 6.45) is 1.65. The Kier molecular flexibility index (Phi) is 5.23. The van der Waals surface area contributed by atoms with Crippen molar-refractivity contribution in [3.8, 4) is 0 Å². The molecule has 1 aliphatic heterocycles. The zero-order valence-electron chi connectivity index (χ0n) is 13.2. The van der Waals surface area contributed by atoms with E-state index in [1.807, 2.05) is 24.3 Å². The first-order valence-electron chi connectivity index (χ1n) is 7.67. The maximum atomic E-state index is 13.0. The van der Waals surface area contributed by atoms with E-state index < -0.39 is 5.92 Å². The summed E-state index contributed by atoms with van der Waals surface area (Å²) in [4.78, 5) is 25.8. The van der Waals surface area contributed by atoms with E-state index in [1.165, 1.54) is 29.2 Å². The third-order valence-electron chi connectivity index (χ3n) is 3.89. The molecule has 2 amide bonds. The summed E-state index contributed by atoms with van der Waals surface area (Å²) in [6.45, 7) is 0.254. The molecule has 0 bridgehead atoms. The van der Waals surface area contributed by atoms with Crippen LogP contribution in [0.1, 0.15) is 12.0 Å². The van der Waals surface area contributed by atoms with Gasteiger partial charge in [0, 0.05) is 23.1 Å². The Morgan fingerprint density at radius 3 is 2.56 bits per heavy atom. The fourth-order valence-corrected chi connectivity index (χ4v) is 2.83. The Morgan fingerprint density at radius 2 is 1.88 bits per heavy atom. The van der Waals surface area contributed by atoms with Gasteiger partial charge in [-0.15, -0.1) is 0 Å². The number of hydrogen-bond acceptors (Lipinski definition) is 3. The van der Waals surface area contributed by atoms with E-state index in [1.54, 1.807) is 6.21 Å². The molecule has 2 aromatic carbocycles. The van der Waals surface area contributed by atoms with Gasteiger partial charge in [0.15, 0.2) is 0 Å². The summed E-state index contributed by atoms with van der Waals surface area (Å²) >= 11 is 3.34. The lowest BCUT2D eigenvalue weighted by Crippen LogP contribution is -2.30. The lowest BCUT2D eigenvalue weighted by molar-refractivity contribution is -0.126. The van der Waals surface area contributed by atoms with E-state index in [0.29, 0.717) is 5.69 Å². The molecule has 0 aliphatic carbocycles. The zero-order valence-corrected chi connectivity index (χ0v) is 14.7. The highest BCUT2D eigenvalue weighted by molar-refractivity contribution is 9.10. The van der Waals surface area contributed by atoms with Crippen molar-refractivity contribution in [2.45, 2.75) is 6.42 Å². The number of carbonyl (C=O) groups excluding carboxylic acids is 2. The van der Waals surface area contributed by atoms with Gasteiger partial charge in [-0.25, -0.2) is 9.82 Å². The molecule has 0 radical (unpaired) electrons. The topological polar surface area (TPSA) is 61.8 Å². The summed E-state index contributed by atoms with van der Waals surface area (Å²) in [5.74, 6) is -1.33. The molecule has 3 rings (SSSR count). The number of rotatable bonds is 4. The molecule has 0 unspecified atom stereocenters. The van der Waals surface area contributed by atoms with Crippen LogP contribution in [0.15, 0.2) is 58.1 Å². The van der Waals surface area contributed by atoms with E-state index in [-0.39, 0.29) is 30.6 Å². The number of halogens is 2. The van der Waals surface area contributed by atoms with Crippen molar-refractivity contribution >= 4 is 39.6 Å². The molecule has 128 valence electrons. The van der Waals surface area contributed by atoms with Crippen LogP contribution in [0.5, 0.6) is 0 Å². The molecule has 1 heterocycles. The minimum Gasteiger partial charge on any atom is -0.312 e. The molecule has 0 aromatic heterocycles. The zero-order chi connectivity index (χ0) is 17.8. The van der Waals surface area contributed by atoms with E-state index >= 15 is 0 Å². The molecule has 0 spiro atoms. The van der Waals surface area contributed by atoms with Crippen molar-refractivity contribution in [2.24, 2.45) is 11.0 Å². The molecule has 1 atom stereocenters. The fourth-order valence-electron chi connectivity index (χ4n) is 2.56. The Morgan fingerprint density at radius 1 is 1.20 bits per heavy atom. The second-order valence-corrected chi connectivity index (χ2v) is 6.58. The van der Waals surface area contributed by atoms with Gasteiger partial charge in [-0.05, 0) is 42.0 Å². The second kappa shape index (κ2) is 7.57. The Hall–Kier alpha value is -2.54. The predicted octanol–water partition coefficient (Wildman–Crippen LogP) is 3.09. The van der Waals surface area contributed by atoms with Gasteiger partial charge in [-0.1, -0.05) is 28.1 Å². The highest BCUT2D eigenvalue weighted by atomic mass is 79.9. The van der Waals surface area contributed by atoms with E-state index in [0.717, 1.165) is 10.0 Å². The smallest absolute Gasteiger partial charge is 0.245 e. The number of hydrazone groups is 1. The van der Waals surface area contributed by atoms with Crippen LogP contribution in [0.2, 0.25) is 0 Å². The summed E-state index contributed by atoms with van der Waals surface area (Å²) in [5, 5.41) is 3.93. The third-order valence-corrected chi connectivity index (χ3v) is 4.42. The van der Waals surface area contributed by atoms with Crippen molar-refractivity contribution in [3.63, 3.8) is 0 Å². The van der Waals surface area contributed by atoms with Gasteiger partial charge < -0.3 is 4.90 Å². The first-order valence-corrected chi connectivity index (χ1v) is 8.46. The van der Waals surface area contributed by atoms with Gasteiger partial charge in [0.05, 0.1) is 12.1 Å². The summed E-state index contributed by atoms with van der Waals surface area (Å²) in [7, 11) is 0. The van der Waals surface area contributed by atoms with Gasteiger partial charge in [0.2, 0.25) is 11.8 Å². The monoisotopic (exact) mass is 403 g/mol. The largest absolute Gasteiger partial charge is 0.312 e. The van der Waals surface area contributed by atoms with Crippen LogP contribution >= 0.6 is 15.9 Å². The molecule has 1 N–H and O–H groups in total. The van der Waals surface area contributed by atoms with Gasteiger partial charge in [-0.3, -0.25) is 9.59 Å². The number of nitrogens with one attached hydrogen (secondary N) is 1. The molecule has 25 heavy (non-hydrogen) atoms. The van der Waals surface area contributed by atoms with Crippen molar-refractivity contribution in [1.29, 1.82) is 0 Å². The molecular weight excluding hydrogens is 389 g/mol. The average Bonchev–Trinajstić information content (AvgIpc) is 2.99. The number of carbonyl (C=O) groups is 2. The van der Waals surface area contributed by atoms with Crippen LogP contribution < -0.4 is 10.3 Å². The predicted molar refractivity (Wildman–Crippen MR) is 96.7 cm³/mol. The Labute approximate surface area is 152 Å². The summed E-state index contributed by atoms with van der Waals surface area (Å²) in [6, 6.07) is 13.1. The molecule has 7 heteroatoms. The number of nitrogens with zero attached hydrogens (tertiary/aromatic N) is 2. The van der Waals surface area contributed by atoms with Crippen LogP contribution in [0.25, 0.3) is 0 Å². The first-order chi connectivity index (χ1) is 12.0. The summed E-state index contributed by atoms with van der Waals surface area (Å²) in [5.41, 5.74) is 3.90. The van der Waals surface area contributed by atoms with Gasteiger partial charge in [0.25, 0.3) is 0 Å². The van der Waals surface area contributed by atoms with Crippen LogP contribution in [0.4, 0.5) is 10.1 Å². The molecular formula is C18H15BrFN3O2. The number of amides is 2. The number of benzene rings is 2.